The number of anilines is 1. The summed E-state index contributed by atoms with van der Waals surface area (Å²) in [5, 5.41) is 3.42. The second-order valence-electron chi connectivity index (χ2n) is 9.93. The van der Waals surface area contributed by atoms with Crippen LogP contribution in [0.4, 0.5) is 5.69 Å². The number of halogens is 2. The van der Waals surface area contributed by atoms with E-state index in [1.807, 2.05) is 24.3 Å². The number of ether oxygens (including phenoxy) is 1. The minimum atomic E-state index is -3.63. The number of methoxy groups -OCH3 is 1. The number of nitrogens with zero attached hydrogens (tertiary/aromatic N) is 2. The van der Waals surface area contributed by atoms with Crippen LogP contribution in [0.5, 0.6) is 5.75 Å². The summed E-state index contributed by atoms with van der Waals surface area (Å²) in [6.07, 6.45) is 6.74. The van der Waals surface area contributed by atoms with Crippen molar-refractivity contribution in [2.45, 2.75) is 70.5 Å². The minimum absolute atomic E-state index is 0.0769. The van der Waals surface area contributed by atoms with Crippen LogP contribution in [-0.4, -0.2) is 57.1 Å². The second-order valence-corrected chi connectivity index (χ2v) is 13.2. The molecule has 0 aliphatic heterocycles. The third-order valence-electron chi connectivity index (χ3n) is 6.96. The Balaban J connectivity index is 1.72. The number of sulfonamides is 1. The lowest BCUT2D eigenvalue weighted by Crippen LogP contribution is -2.50. The van der Waals surface area contributed by atoms with Crippen molar-refractivity contribution in [1.29, 1.82) is 0 Å². The zero-order chi connectivity index (χ0) is 28.6. The van der Waals surface area contributed by atoms with Crippen LogP contribution in [0.15, 0.2) is 46.9 Å². The predicted molar refractivity (Wildman–Crippen MR) is 159 cm³/mol. The molecule has 0 bridgehead atoms. The van der Waals surface area contributed by atoms with Crippen LogP contribution in [0.2, 0.25) is 5.02 Å². The number of hydrogen-bond acceptors (Lipinski definition) is 5. The molecule has 1 N–H and O–H groups in total. The quantitative estimate of drug-likeness (QED) is 0.329. The van der Waals surface area contributed by atoms with Crippen molar-refractivity contribution in [3.63, 3.8) is 0 Å². The fraction of sp³-hybridized carbons (Fsp3) is 0.500. The number of benzene rings is 2. The molecule has 39 heavy (non-hydrogen) atoms. The van der Waals surface area contributed by atoms with Gasteiger partial charge in [-0.25, -0.2) is 8.42 Å². The predicted octanol–water partition coefficient (Wildman–Crippen LogP) is 5.52. The molecule has 1 saturated carbocycles. The lowest BCUT2D eigenvalue weighted by molar-refractivity contribution is -0.141. The van der Waals surface area contributed by atoms with Gasteiger partial charge in [0, 0.05) is 30.0 Å². The average Bonchev–Trinajstić information content (AvgIpc) is 2.90. The van der Waals surface area contributed by atoms with Gasteiger partial charge in [-0.3, -0.25) is 13.9 Å². The molecule has 1 aliphatic carbocycles. The molecule has 1 unspecified atom stereocenters. The Morgan fingerprint density at radius 1 is 1.13 bits per heavy atom. The average molecular weight is 643 g/mol. The van der Waals surface area contributed by atoms with Crippen LogP contribution >= 0.6 is 27.5 Å². The van der Waals surface area contributed by atoms with Gasteiger partial charge in [-0.05, 0) is 62.1 Å². The van der Waals surface area contributed by atoms with Crippen molar-refractivity contribution in [3.8, 4) is 5.75 Å². The standard InChI is InChI=1S/C28H37BrClN3O5S/c1-20(28(35)31-23-8-5-4-6-9-23)32(19-21-11-13-22(29)14-12-21)27(34)10-7-17-33(39(3,36)37)24-15-16-26(38-2)25(30)18-24/h11-16,18,20,23H,4-10,17,19H2,1-3H3,(H,31,35). The first kappa shape index (κ1) is 31.2. The van der Waals surface area contributed by atoms with Crippen LogP contribution < -0.4 is 14.4 Å². The second kappa shape index (κ2) is 14.4. The van der Waals surface area contributed by atoms with E-state index in [2.05, 4.69) is 21.2 Å². The molecule has 2 amide bonds. The van der Waals surface area contributed by atoms with E-state index in [0.717, 1.165) is 42.0 Å². The summed E-state index contributed by atoms with van der Waals surface area (Å²) < 4.78 is 32.4. The van der Waals surface area contributed by atoms with E-state index in [0.29, 0.717) is 16.5 Å². The van der Waals surface area contributed by atoms with E-state index in [9.17, 15) is 18.0 Å². The summed E-state index contributed by atoms with van der Waals surface area (Å²) in [6.45, 7) is 2.11. The molecule has 0 radical (unpaired) electrons. The van der Waals surface area contributed by atoms with E-state index in [1.165, 1.54) is 23.9 Å². The molecule has 2 aromatic rings. The molecule has 0 aromatic heterocycles. The monoisotopic (exact) mass is 641 g/mol. The van der Waals surface area contributed by atoms with Crippen LogP contribution in [0.25, 0.3) is 0 Å². The number of amides is 2. The molecule has 2 aromatic carbocycles. The number of nitrogens with one attached hydrogen (secondary N) is 1. The highest BCUT2D eigenvalue weighted by atomic mass is 79.9. The summed E-state index contributed by atoms with van der Waals surface area (Å²) in [6, 6.07) is 11.8. The number of hydrogen-bond donors (Lipinski definition) is 1. The highest BCUT2D eigenvalue weighted by molar-refractivity contribution is 9.10. The third kappa shape index (κ3) is 9.11. The summed E-state index contributed by atoms with van der Waals surface area (Å²) >= 11 is 9.65. The van der Waals surface area contributed by atoms with Crippen LogP contribution in [0, 0.1) is 0 Å². The zero-order valence-corrected chi connectivity index (χ0v) is 25.8. The zero-order valence-electron chi connectivity index (χ0n) is 22.7. The lowest BCUT2D eigenvalue weighted by Gasteiger charge is -2.31. The number of carbonyl (C=O) groups excluding carboxylic acids is 2. The highest BCUT2D eigenvalue weighted by Crippen LogP contribution is 2.30. The van der Waals surface area contributed by atoms with Gasteiger partial charge in [0.05, 0.1) is 24.1 Å². The summed E-state index contributed by atoms with van der Waals surface area (Å²) in [5.41, 5.74) is 1.29. The molecular weight excluding hydrogens is 606 g/mol. The fourth-order valence-electron chi connectivity index (χ4n) is 4.75. The van der Waals surface area contributed by atoms with Crippen LogP contribution in [0.1, 0.15) is 57.4 Å². The summed E-state index contributed by atoms with van der Waals surface area (Å²) in [4.78, 5) is 28.2. The molecule has 214 valence electrons. The molecule has 1 aliphatic rings. The van der Waals surface area contributed by atoms with Gasteiger partial charge in [-0.15, -0.1) is 0 Å². The first-order valence-electron chi connectivity index (χ1n) is 13.1. The Bertz CT molecular complexity index is 1240. The minimum Gasteiger partial charge on any atom is -0.495 e. The van der Waals surface area contributed by atoms with E-state index >= 15 is 0 Å². The molecule has 0 spiro atoms. The van der Waals surface area contributed by atoms with Crippen molar-refractivity contribution in [1.82, 2.24) is 10.2 Å². The van der Waals surface area contributed by atoms with E-state index in [-0.39, 0.29) is 43.8 Å². The smallest absolute Gasteiger partial charge is 0.242 e. The molecule has 11 heteroatoms. The van der Waals surface area contributed by atoms with Gasteiger partial charge in [-0.2, -0.15) is 0 Å². The van der Waals surface area contributed by atoms with Gasteiger partial charge in [0.25, 0.3) is 0 Å². The van der Waals surface area contributed by atoms with Gasteiger partial charge in [0.15, 0.2) is 0 Å². The Labute approximate surface area is 245 Å². The molecule has 3 rings (SSSR count). The van der Waals surface area contributed by atoms with Gasteiger partial charge >= 0.3 is 0 Å². The normalized spacial score (nSPS) is 14.9. The molecule has 0 saturated heterocycles. The Morgan fingerprint density at radius 2 is 1.79 bits per heavy atom. The Hall–Kier alpha value is -2.30. The van der Waals surface area contributed by atoms with Crippen LogP contribution in [-0.2, 0) is 26.2 Å². The van der Waals surface area contributed by atoms with E-state index < -0.39 is 16.1 Å². The summed E-state index contributed by atoms with van der Waals surface area (Å²) in [5.74, 6) is 0.0524. The van der Waals surface area contributed by atoms with Crippen molar-refractivity contribution >= 4 is 55.1 Å². The summed E-state index contributed by atoms with van der Waals surface area (Å²) in [7, 11) is -2.15. The topological polar surface area (TPSA) is 96.0 Å². The maximum absolute atomic E-state index is 13.5. The largest absolute Gasteiger partial charge is 0.495 e. The van der Waals surface area contributed by atoms with Gasteiger partial charge in [0.1, 0.15) is 11.8 Å². The lowest BCUT2D eigenvalue weighted by atomic mass is 9.95. The third-order valence-corrected chi connectivity index (χ3v) is 8.98. The van der Waals surface area contributed by atoms with E-state index in [1.54, 1.807) is 24.0 Å². The number of carbonyl (C=O) groups is 2. The fourth-order valence-corrected chi connectivity index (χ4v) is 6.23. The van der Waals surface area contributed by atoms with Gasteiger partial charge < -0.3 is 15.0 Å². The molecule has 8 nitrogen and oxygen atoms in total. The van der Waals surface area contributed by atoms with Crippen molar-refractivity contribution in [3.05, 3.63) is 57.5 Å². The van der Waals surface area contributed by atoms with Crippen molar-refractivity contribution < 1.29 is 22.7 Å². The van der Waals surface area contributed by atoms with Gasteiger partial charge in [-0.1, -0.05) is 58.9 Å². The molecule has 1 fully saturated rings. The molecule has 1 atom stereocenters. The highest BCUT2D eigenvalue weighted by Gasteiger charge is 2.28. The van der Waals surface area contributed by atoms with Crippen molar-refractivity contribution in [2.24, 2.45) is 0 Å². The van der Waals surface area contributed by atoms with Crippen LogP contribution in [0.3, 0.4) is 0 Å². The first-order valence-corrected chi connectivity index (χ1v) is 16.2. The first-order chi connectivity index (χ1) is 18.5. The molecule has 0 heterocycles. The number of rotatable bonds is 12. The maximum Gasteiger partial charge on any atom is 0.242 e. The Kier molecular flexibility index (Phi) is 11.5. The maximum atomic E-state index is 13.5. The van der Waals surface area contributed by atoms with Crippen molar-refractivity contribution in [2.75, 3.05) is 24.2 Å². The van der Waals surface area contributed by atoms with E-state index in [4.69, 9.17) is 16.3 Å². The van der Waals surface area contributed by atoms with Gasteiger partial charge in [0.2, 0.25) is 21.8 Å². The Morgan fingerprint density at radius 3 is 2.38 bits per heavy atom. The molecular formula is C28H37BrClN3O5S. The SMILES string of the molecule is COc1ccc(N(CCCC(=O)N(Cc2ccc(Br)cc2)C(C)C(=O)NC2CCCCC2)S(C)(=O)=O)cc1Cl.